The summed E-state index contributed by atoms with van der Waals surface area (Å²) in [5.41, 5.74) is 1.84. The van der Waals surface area contributed by atoms with Crippen LogP contribution in [-0.2, 0) is 0 Å². The Hall–Kier alpha value is -1.49. The maximum atomic E-state index is 8.99. The summed E-state index contributed by atoms with van der Waals surface area (Å²) in [4.78, 5) is 1.98. The minimum Gasteiger partial charge on any atom is -0.357 e. The molecule has 0 atom stereocenters. The van der Waals surface area contributed by atoms with Gasteiger partial charge in [0.2, 0.25) is 0 Å². The third-order valence-corrected chi connectivity index (χ3v) is 2.53. The highest BCUT2D eigenvalue weighted by molar-refractivity contribution is 5.50. The lowest BCUT2D eigenvalue weighted by Gasteiger charge is -2.31. The second-order valence-electron chi connectivity index (χ2n) is 4.07. The van der Waals surface area contributed by atoms with Crippen LogP contribution in [0.2, 0.25) is 0 Å². The van der Waals surface area contributed by atoms with Crippen molar-refractivity contribution in [2.75, 3.05) is 11.9 Å². The molecule has 0 N–H and O–H groups in total. The molecule has 1 rings (SSSR count). The van der Waals surface area contributed by atoms with Gasteiger partial charge >= 0.3 is 0 Å². The van der Waals surface area contributed by atoms with Gasteiger partial charge in [-0.1, -0.05) is 17.7 Å². The second-order valence-corrected chi connectivity index (χ2v) is 4.07. The summed E-state index contributed by atoms with van der Waals surface area (Å²) >= 11 is 0. The van der Waals surface area contributed by atoms with Crippen LogP contribution in [0.4, 0.5) is 5.69 Å². The zero-order valence-corrected chi connectivity index (χ0v) is 9.20. The van der Waals surface area contributed by atoms with Gasteiger partial charge in [-0.2, -0.15) is 5.26 Å². The van der Waals surface area contributed by atoms with Gasteiger partial charge in [0.1, 0.15) is 5.54 Å². The van der Waals surface area contributed by atoms with Gasteiger partial charge in [0.25, 0.3) is 0 Å². The molecule has 0 unspecified atom stereocenters. The van der Waals surface area contributed by atoms with E-state index in [1.165, 1.54) is 5.56 Å². The van der Waals surface area contributed by atoms with E-state index >= 15 is 0 Å². The van der Waals surface area contributed by atoms with Crippen LogP contribution in [0.3, 0.4) is 0 Å². The van der Waals surface area contributed by atoms with E-state index in [0.717, 1.165) is 5.69 Å². The number of anilines is 1. The molecule has 0 heterocycles. The largest absolute Gasteiger partial charge is 0.357 e. The van der Waals surface area contributed by atoms with Crippen LogP contribution in [0, 0.1) is 18.3 Å². The van der Waals surface area contributed by atoms with Crippen molar-refractivity contribution < 1.29 is 0 Å². The predicted molar refractivity (Wildman–Crippen MR) is 59.3 cm³/mol. The molecule has 0 radical (unpaired) electrons. The van der Waals surface area contributed by atoms with Crippen molar-refractivity contribution in [3.63, 3.8) is 0 Å². The van der Waals surface area contributed by atoms with Gasteiger partial charge in [0.05, 0.1) is 6.07 Å². The van der Waals surface area contributed by atoms with Gasteiger partial charge in [0, 0.05) is 12.7 Å². The Kier molecular flexibility index (Phi) is 2.81. The van der Waals surface area contributed by atoms with E-state index in [1.807, 2.05) is 37.9 Å². The van der Waals surface area contributed by atoms with Crippen LogP contribution in [0.1, 0.15) is 19.4 Å². The van der Waals surface area contributed by atoms with Gasteiger partial charge in [-0.25, -0.2) is 0 Å². The predicted octanol–water partition coefficient (Wildman–Crippen LogP) is 2.73. The minimum absolute atomic E-state index is 0.463. The summed E-state index contributed by atoms with van der Waals surface area (Å²) in [5, 5.41) is 8.99. The lowest BCUT2D eigenvalue weighted by Crippen LogP contribution is -2.39. The maximum absolute atomic E-state index is 8.99. The Morgan fingerprint density at radius 2 is 1.71 bits per heavy atom. The summed E-state index contributed by atoms with van der Waals surface area (Å²) in [7, 11) is 1.94. The quantitative estimate of drug-likeness (QED) is 0.713. The van der Waals surface area contributed by atoms with E-state index in [2.05, 4.69) is 25.1 Å². The molecule has 14 heavy (non-hydrogen) atoms. The van der Waals surface area contributed by atoms with Crippen molar-refractivity contribution in [3.8, 4) is 6.07 Å². The van der Waals surface area contributed by atoms with Crippen LogP contribution in [-0.4, -0.2) is 12.6 Å². The molecule has 0 aromatic heterocycles. The highest BCUT2D eigenvalue weighted by atomic mass is 15.2. The summed E-state index contributed by atoms with van der Waals surface area (Å²) in [6.45, 7) is 5.87. The Labute approximate surface area is 85.8 Å². The first-order chi connectivity index (χ1) is 6.47. The van der Waals surface area contributed by atoms with Gasteiger partial charge in [-0.3, -0.25) is 0 Å². The van der Waals surface area contributed by atoms with E-state index in [-0.39, 0.29) is 0 Å². The van der Waals surface area contributed by atoms with Crippen molar-refractivity contribution in [2.45, 2.75) is 26.3 Å². The Morgan fingerprint density at radius 3 is 2.14 bits per heavy atom. The maximum Gasteiger partial charge on any atom is 0.121 e. The molecule has 0 aliphatic carbocycles. The Balaban J connectivity index is 2.96. The van der Waals surface area contributed by atoms with Crippen LogP contribution in [0.15, 0.2) is 24.3 Å². The normalized spacial score (nSPS) is 10.8. The smallest absolute Gasteiger partial charge is 0.121 e. The van der Waals surface area contributed by atoms with E-state index in [0.29, 0.717) is 0 Å². The zero-order chi connectivity index (χ0) is 10.8. The molecule has 0 aliphatic heterocycles. The summed E-state index contributed by atoms with van der Waals surface area (Å²) < 4.78 is 0. The monoisotopic (exact) mass is 188 g/mol. The van der Waals surface area contributed by atoms with Crippen LogP contribution in [0.25, 0.3) is 0 Å². The molecule has 0 amide bonds. The van der Waals surface area contributed by atoms with Crippen molar-refractivity contribution in [3.05, 3.63) is 29.8 Å². The Morgan fingerprint density at radius 1 is 1.21 bits per heavy atom. The fraction of sp³-hybridized carbons (Fsp3) is 0.417. The molecular weight excluding hydrogens is 172 g/mol. The SMILES string of the molecule is Cc1ccc(N(C)C(C)(C)C#N)cc1. The van der Waals surface area contributed by atoms with Gasteiger partial charge in [0.15, 0.2) is 0 Å². The van der Waals surface area contributed by atoms with Crippen LogP contribution < -0.4 is 4.90 Å². The first-order valence-electron chi connectivity index (χ1n) is 4.69. The minimum atomic E-state index is -0.463. The van der Waals surface area contributed by atoms with Gasteiger partial charge in [-0.15, -0.1) is 0 Å². The molecule has 1 aromatic rings. The first-order valence-corrected chi connectivity index (χ1v) is 4.69. The second kappa shape index (κ2) is 3.71. The van der Waals surface area contributed by atoms with Crippen molar-refractivity contribution in [1.29, 1.82) is 5.26 Å². The summed E-state index contributed by atoms with van der Waals surface area (Å²) in [6.07, 6.45) is 0. The fourth-order valence-electron chi connectivity index (χ4n) is 1.17. The number of aryl methyl sites for hydroxylation is 1. The lowest BCUT2D eigenvalue weighted by atomic mass is 10.0. The molecule has 0 saturated heterocycles. The molecule has 0 spiro atoms. The van der Waals surface area contributed by atoms with E-state index in [4.69, 9.17) is 5.26 Å². The average molecular weight is 188 g/mol. The number of hydrogen-bond donors (Lipinski definition) is 0. The molecule has 1 aromatic carbocycles. The van der Waals surface area contributed by atoms with E-state index < -0.39 is 5.54 Å². The number of hydrogen-bond acceptors (Lipinski definition) is 2. The number of rotatable bonds is 2. The van der Waals surface area contributed by atoms with Crippen molar-refractivity contribution >= 4 is 5.69 Å². The molecule has 2 heteroatoms. The zero-order valence-electron chi connectivity index (χ0n) is 9.20. The third kappa shape index (κ3) is 2.05. The van der Waals surface area contributed by atoms with Crippen LogP contribution in [0.5, 0.6) is 0 Å². The molecule has 0 saturated carbocycles. The Bertz CT molecular complexity index is 344. The van der Waals surface area contributed by atoms with Crippen molar-refractivity contribution in [1.82, 2.24) is 0 Å². The van der Waals surface area contributed by atoms with Gasteiger partial charge < -0.3 is 4.90 Å². The number of benzene rings is 1. The molecule has 0 bridgehead atoms. The lowest BCUT2D eigenvalue weighted by molar-refractivity contribution is 0.617. The highest BCUT2D eigenvalue weighted by Gasteiger charge is 2.22. The topological polar surface area (TPSA) is 27.0 Å². The molecule has 0 fully saturated rings. The molecule has 74 valence electrons. The average Bonchev–Trinajstić information content (AvgIpc) is 2.18. The summed E-state index contributed by atoms with van der Waals surface area (Å²) in [5.74, 6) is 0. The van der Waals surface area contributed by atoms with Crippen molar-refractivity contribution in [2.24, 2.45) is 0 Å². The standard InChI is InChI=1S/C12H16N2/c1-10-5-7-11(8-6-10)14(4)12(2,3)9-13/h5-8H,1-4H3. The summed E-state index contributed by atoms with van der Waals surface area (Å²) in [6, 6.07) is 10.5. The number of nitriles is 1. The third-order valence-electron chi connectivity index (χ3n) is 2.53. The fourth-order valence-corrected chi connectivity index (χ4v) is 1.17. The van der Waals surface area contributed by atoms with E-state index in [1.54, 1.807) is 0 Å². The van der Waals surface area contributed by atoms with E-state index in [9.17, 15) is 0 Å². The first kappa shape index (κ1) is 10.6. The molecule has 2 nitrogen and oxygen atoms in total. The van der Waals surface area contributed by atoms with Crippen LogP contribution >= 0.6 is 0 Å². The highest BCUT2D eigenvalue weighted by Crippen LogP contribution is 2.21. The number of nitrogens with zero attached hydrogens (tertiary/aromatic N) is 2. The van der Waals surface area contributed by atoms with Gasteiger partial charge in [-0.05, 0) is 32.9 Å². The molecular formula is C12H16N2. The molecule has 0 aliphatic rings.